The number of nitrogens with two attached hydrogens (primary N) is 1. The predicted molar refractivity (Wildman–Crippen MR) is 82.9 cm³/mol. The van der Waals surface area contributed by atoms with E-state index in [4.69, 9.17) is 5.73 Å². The second-order valence-corrected chi connectivity index (χ2v) is 6.14. The summed E-state index contributed by atoms with van der Waals surface area (Å²) >= 11 is 1.29. The van der Waals surface area contributed by atoms with Gasteiger partial charge in [0.15, 0.2) is 0 Å². The summed E-state index contributed by atoms with van der Waals surface area (Å²) in [5.74, 6) is -0.375. The van der Waals surface area contributed by atoms with Crippen LogP contribution in [-0.4, -0.2) is 11.9 Å². The Balaban J connectivity index is 1.66. The molecule has 6 heteroatoms. The molecular weight excluding hydrogens is 289 g/mol. The van der Waals surface area contributed by atoms with Crippen molar-refractivity contribution in [3.05, 3.63) is 46.6 Å². The lowest BCUT2D eigenvalue weighted by Gasteiger charge is -2.04. The fourth-order valence-corrected chi connectivity index (χ4v) is 2.85. The molecule has 4 N–H and O–H groups in total. The SMILES string of the molecule is Nc1cc(NCc2ccccc2F)sc1C(=O)NC1CC1. The lowest BCUT2D eigenvalue weighted by molar-refractivity contribution is 0.0956. The van der Waals surface area contributed by atoms with E-state index in [1.807, 2.05) is 0 Å². The molecule has 1 aliphatic rings. The van der Waals surface area contributed by atoms with Gasteiger partial charge in [-0.25, -0.2) is 4.39 Å². The Kier molecular flexibility index (Phi) is 3.79. The van der Waals surface area contributed by atoms with Crippen LogP contribution in [0.1, 0.15) is 28.1 Å². The summed E-state index contributed by atoms with van der Waals surface area (Å²) in [5, 5.41) is 6.78. The molecule has 0 aliphatic heterocycles. The van der Waals surface area contributed by atoms with E-state index in [0.29, 0.717) is 28.7 Å². The molecule has 0 saturated heterocycles. The zero-order chi connectivity index (χ0) is 14.8. The molecule has 1 aromatic carbocycles. The van der Waals surface area contributed by atoms with E-state index < -0.39 is 0 Å². The summed E-state index contributed by atoms with van der Waals surface area (Å²) in [6, 6.07) is 8.61. The maximum atomic E-state index is 13.5. The molecule has 1 heterocycles. The highest BCUT2D eigenvalue weighted by atomic mass is 32.1. The van der Waals surface area contributed by atoms with Crippen LogP contribution < -0.4 is 16.4 Å². The number of halogens is 1. The zero-order valence-corrected chi connectivity index (χ0v) is 12.2. The van der Waals surface area contributed by atoms with Gasteiger partial charge in [-0.05, 0) is 25.0 Å². The first-order valence-electron chi connectivity index (χ1n) is 6.81. The number of benzene rings is 1. The molecule has 1 aromatic heterocycles. The first-order valence-corrected chi connectivity index (χ1v) is 7.62. The van der Waals surface area contributed by atoms with Gasteiger partial charge in [-0.15, -0.1) is 11.3 Å². The van der Waals surface area contributed by atoms with Gasteiger partial charge in [-0.2, -0.15) is 0 Å². The Bertz CT molecular complexity index is 667. The van der Waals surface area contributed by atoms with Gasteiger partial charge in [-0.1, -0.05) is 18.2 Å². The van der Waals surface area contributed by atoms with Crippen molar-refractivity contribution in [2.75, 3.05) is 11.1 Å². The smallest absolute Gasteiger partial charge is 0.263 e. The highest BCUT2D eigenvalue weighted by molar-refractivity contribution is 7.18. The summed E-state index contributed by atoms with van der Waals surface area (Å²) in [4.78, 5) is 12.5. The normalized spacial score (nSPS) is 14.0. The second-order valence-electron chi connectivity index (χ2n) is 5.09. The highest BCUT2D eigenvalue weighted by Gasteiger charge is 2.25. The Morgan fingerprint density at radius 3 is 2.86 bits per heavy atom. The zero-order valence-electron chi connectivity index (χ0n) is 11.4. The minimum Gasteiger partial charge on any atom is -0.397 e. The molecule has 3 rings (SSSR count). The number of amides is 1. The first-order chi connectivity index (χ1) is 10.1. The maximum Gasteiger partial charge on any atom is 0.263 e. The molecule has 0 radical (unpaired) electrons. The molecule has 1 amide bonds. The van der Waals surface area contributed by atoms with Crippen LogP contribution in [0.15, 0.2) is 30.3 Å². The van der Waals surface area contributed by atoms with E-state index in [-0.39, 0.29) is 11.7 Å². The van der Waals surface area contributed by atoms with Crippen molar-refractivity contribution in [1.29, 1.82) is 0 Å². The molecule has 1 aliphatic carbocycles. The van der Waals surface area contributed by atoms with Gasteiger partial charge in [0.2, 0.25) is 0 Å². The van der Waals surface area contributed by atoms with E-state index >= 15 is 0 Å². The Hall–Kier alpha value is -2.08. The molecule has 0 atom stereocenters. The third kappa shape index (κ3) is 3.33. The molecule has 0 unspecified atom stereocenters. The third-order valence-electron chi connectivity index (χ3n) is 3.29. The average Bonchev–Trinajstić information content (AvgIpc) is 3.19. The number of carbonyl (C=O) groups excluding carboxylic acids is 1. The monoisotopic (exact) mass is 305 g/mol. The number of thiophene rings is 1. The van der Waals surface area contributed by atoms with E-state index in [9.17, 15) is 9.18 Å². The standard InChI is InChI=1S/C15H16FN3OS/c16-11-4-2-1-3-9(11)8-18-13-7-12(17)14(21-13)15(20)19-10-5-6-10/h1-4,7,10,18H,5-6,8,17H2,(H,19,20). The van der Waals surface area contributed by atoms with Gasteiger partial charge >= 0.3 is 0 Å². The Morgan fingerprint density at radius 2 is 2.14 bits per heavy atom. The van der Waals surface area contributed by atoms with E-state index in [1.165, 1.54) is 17.4 Å². The number of nitrogens with one attached hydrogen (secondary N) is 2. The lowest BCUT2D eigenvalue weighted by atomic mass is 10.2. The summed E-state index contributed by atoms with van der Waals surface area (Å²) in [7, 11) is 0. The number of hydrogen-bond acceptors (Lipinski definition) is 4. The Labute approximate surface area is 126 Å². The van der Waals surface area contributed by atoms with Crippen molar-refractivity contribution in [1.82, 2.24) is 5.32 Å². The van der Waals surface area contributed by atoms with E-state index in [0.717, 1.165) is 17.8 Å². The minimum absolute atomic E-state index is 0.126. The first kappa shape index (κ1) is 13.9. The van der Waals surface area contributed by atoms with Crippen LogP contribution in [0.2, 0.25) is 0 Å². The van der Waals surface area contributed by atoms with Crippen LogP contribution in [0.4, 0.5) is 15.1 Å². The molecule has 110 valence electrons. The number of hydrogen-bond donors (Lipinski definition) is 3. The van der Waals surface area contributed by atoms with Crippen molar-refractivity contribution in [2.24, 2.45) is 0 Å². The van der Waals surface area contributed by atoms with Gasteiger partial charge in [-0.3, -0.25) is 4.79 Å². The molecular formula is C15H16FN3OS. The van der Waals surface area contributed by atoms with Gasteiger partial charge in [0, 0.05) is 18.2 Å². The van der Waals surface area contributed by atoms with Crippen molar-refractivity contribution in [3.8, 4) is 0 Å². The quantitative estimate of drug-likeness (QED) is 0.795. The summed E-state index contributed by atoms with van der Waals surface area (Å²) < 4.78 is 13.5. The van der Waals surface area contributed by atoms with Gasteiger partial charge < -0.3 is 16.4 Å². The fourth-order valence-electron chi connectivity index (χ4n) is 1.97. The average molecular weight is 305 g/mol. The molecule has 0 bridgehead atoms. The summed E-state index contributed by atoms with van der Waals surface area (Å²) in [5.41, 5.74) is 6.90. The van der Waals surface area contributed by atoms with E-state index in [1.54, 1.807) is 24.3 Å². The van der Waals surface area contributed by atoms with Crippen LogP contribution in [0.25, 0.3) is 0 Å². The van der Waals surface area contributed by atoms with Crippen molar-refractivity contribution in [3.63, 3.8) is 0 Å². The summed E-state index contributed by atoms with van der Waals surface area (Å²) in [6.07, 6.45) is 2.07. The van der Waals surface area contributed by atoms with E-state index in [2.05, 4.69) is 10.6 Å². The van der Waals surface area contributed by atoms with Gasteiger partial charge in [0.1, 0.15) is 10.7 Å². The van der Waals surface area contributed by atoms with Crippen LogP contribution in [0, 0.1) is 5.82 Å². The van der Waals surface area contributed by atoms with Crippen LogP contribution in [0.5, 0.6) is 0 Å². The highest BCUT2D eigenvalue weighted by Crippen LogP contribution is 2.30. The maximum absolute atomic E-state index is 13.5. The van der Waals surface area contributed by atoms with Crippen LogP contribution in [-0.2, 0) is 6.54 Å². The topological polar surface area (TPSA) is 67.1 Å². The van der Waals surface area contributed by atoms with Crippen LogP contribution >= 0.6 is 11.3 Å². The molecule has 2 aromatic rings. The number of nitrogen functional groups attached to an aromatic ring is 1. The molecule has 21 heavy (non-hydrogen) atoms. The van der Waals surface area contributed by atoms with Crippen molar-refractivity contribution in [2.45, 2.75) is 25.4 Å². The molecule has 4 nitrogen and oxygen atoms in total. The largest absolute Gasteiger partial charge is 0.397 e. The molecule has 1 saturated carbocycles. The third-order valence-corrected chi connectivity index (χ3v) is 4.40. The van der Waals surface area contributed by atoms with Crippen molar-refractivity contribution < 1.29 is 9.18 Å². The molecule has 0 spiro atoms. The number of anilines is 2. The number of rotatable bonds is 5. The molecule has 1 fully saturated rings. The number of carbonyl (C=O) groups is 1. The lowest BCUT2D eigenvalue weighted by Crippen LogP contribution is -2.25. The Morgan fingerprint density at radius 1 is 1.38 bits per heavy atom. The second kappa shape index (κ2) is 5.73. The summed E-state index contributed by atoms with van der Waals surface area (Å²) in [6.45, 7) is 0.357. The van der Waals surface area contributed by atoms with Crippen molar-refractivity contribution >= 4 is 27.9 Å². The minimum atomic E-state index is -0.249. The van der Waals surface area contributed by atoms with Gasteiger partial charge in [0.05, 0.1) is 10.7 Å². The van der Waals surface area contributed by atoms with Crippen LogP contribution in [0.3, 0.4) is 0 Å². The van der Waals surface area contributed by atoms with Gasteiger partial charge in [0.25, 0.3) is 5.91 Å². The predicted octanol–water partition coefficient (Wildman–Crippen LogP) is 2.97. The fraction of sp³-hybridized carbons (Fsp3) is 0.267.